The second-order valence-corrected chi connectivity index (χ2v) is 8.12. The van der Waals surface area contributed by atoms with E-state index in [1.165, 1.54) is 6.92 Å². The number of carbonyl (C=O) groups is 2. The number of rotatable bonds is 4. The van der Waals surface area contributed by atoms with Crippen molar-refractivity contribution in [1.29, 1.82) is 0 Å². The van der Waals surface area contributed by atoms with Gasteiger partial charge in [-0.05, 0) is 50.0 Å². The molecule has 5 heteroatoms. The molecule has 0 aliphatic heterocycles. The third-order valence-electron chi connectivity index (χ3n) is 5.31. The largest absolute Gasteiger partial charge is 0.458 e. The minimum absolute atomic E-state index is 0.0707. The summed E-state index contributed by atoms with van der Waals surface area (Å²) in [6.07, 6.45) is 3.05. The summed E-state index contributed by atoms with van der Waals surface area (Å²) in [7, 11) is 0. The van der Waals surface area contributed by atoms with E-state index >= 15 is 0 Å². The first-order valence-corrected chi connectivity index (χ1v) is 10.1. The second-order valence-electron chi connectivity index (χ2n) is 8.12. The van der Waals surface area contributed by atoms with E-state index in [-0.39, 0.29) is 11.8 Å². The van der Waals surface area contributed by atoms with Crippen molar-refractivity contribution in [3.8, 4) is 0 Å². The SMILES string of the molecule is CC(=O)O[C@H]1C=C(C)[C@H](O)CC=C(C)C[C@H](OC(=O)c2ccccc2)[C@H]1C(C)C. The fraction of sp³-hybridized carbons (Fsp3) is 0.500. The van der Waals surface area contributed by atoms with Gasteiger partial charge in [-0.3, -0.25) is 4.79 Å². The van der Waals surface area contributed by atoms with Crippen molar-refractivity contribution in [2.45, 2.75) is 65.8 Å². The van der Waals surface area contributed by atoms with Crippen LogP contribution in [0, 0.1) is 11.8 Å². The van der Waals surface area contributed by atoms with Crippen LogP contribution < -0.4 is 0 Å². The van der Waals surface area contributed by atoms with Gasteiger partial charge < -0.3 is 14.6 Å². The van der Waals surface area contributed by atoms with Gasteiger partial charge in [-0.1, -0.05) is 43.7 Å². The van der Waals surface area contributed by atoms with E-state index in [2.05, 4.69) is 0 Å². The van der Waals surface area contributed by atoms with Gasteiger partial charge in [0.2, 0.25) is 0 Å². The molecule has 1 aromatic rings. The van der Waals surface area contributed by atoms with Crippen molar-refractivity contribution in [2.75, 3.05) is 0 Å². The first-order valence-electron chi connectivity index (χ1n) is 10.1. The van der Waals surface area contributed by atoms with Gasteiger partial charge in [0.05, 0.1) is 11.7 Å². The molecule has 1 aliphatic carbocycles. The summed E-state index contributed by atoms with van der Waals surface area (Å²) >= 11 is 0. The Balaban J connectivity index is 2.45. The first-order chi connectivity index (χ1) is 13.7. The maximum Gasteiger partial charge on any atom is 0.338 e. The quantitative estimate of drug-likeness (QED) is 0.597. The van der Waals surface area contributed by atoms with Gasteiger partial charge >= 0.3 is 11.9 Å². The van der Waals surface area contributed by atoms with Crippen LogP contribution in [0.5, 0.6) is 0 Å². The summed E-state index contributed by atoms with van der Waals surface area (Å²) in [5, 5.41) is 10.4. The molecular weight excluding hydrogens is 368 g/mol. The molecule has 1 aliphatic rings. The molecule has 158 valence electrons. The van der Waals surface area contributed by atoms with Crippen molar-refractivity contribution in [3.63, 3.8) is 0 Å². The molecule has 4 atom stereocenters. The number of carbonyl (C=O) groups excluding carboxylic acids is 2. The van der Waals surface area contributed by atoms with Crippen molar-refractivity contribution in [1.82, 2.24) is 0 Å². The highest BCUT2D eigenvalue weighted by Crippen LogP contribution is 2.32. The fourth-order valence-corrected chi connectivity index (χ4v) is 3.74. The molecule has 1 N–H and O–H groups in total. The molecule has 0 unspecified atom stereocenters. The van der Waals surface area contributed by atoms with Crippen LogP contribution in [-0.2, 0) is 14.3 Å². The molecule has 0 amide bonds. The minimum atomic E-state index is -0.640. The molecule has 0 spiro atoms. The van der Waals surface area contributed by atoms with Crippen LogP contribution in [-0.4, -0.2) is 35.4 Å². The molecule has 0 radical (unpaired) electrons. The van der Waals surface area contributed by atoms with Crippen LogP contribution in [0.4, 0.5) is 0 Å². The zero-order chi connectivity index (χ0) is 21.6. The lowest BCUT2D eigenvalue weighted by molar-refractivity contribution is -0.149. The molecule has 0 saturated heterocycles. The van der Waals surface area contributed by atoms with Crippen LogP contribution in [0.15, 0.2) is 53.6 Å². The summed E-state index contributed by atoms with van der Waals surface area (Å²) in [4.78, 5) is 24.6. The highest BCUT2D eigenvalue weighted by Gasteiger charge is 2.36. The Labute approximate surface area is 173 Å². The van der Waals surface area contributed by atoms with Crippen LogP contribution in [0.2, 0.25) is 0 Å². The van der Waals surface area contributed by atoms with Gasteiger partial charge in [-0.2, -0.15) is 0 Å². The van der Waals surface area contributed by atoms with Crippen LogP contribution in [0.3, 0.4) is 0 Å². The molecule has 1 aromatic carbocycles. The Morgan fingerprint density at radius 2 is 1.76 bits per heavy atom. The van der Waals surface area contributed by atoms with Crippen molar-refractivity contribution in [3.05, 3.63) is 59.2 Å². The lowest BCUT2D eigenvalue weighted by Gasteiger charge is -2.35. The smallest absolute Gasteiger partial charge is 0.338 e. The van der Waals surface area contributed by atoms with E-state index in [9.17, 15) is 14.7 Å². The molecular formula is C24H32O5. The predicted molar refractivity (Wildman–Crippen MR) is 112 cm³/mol. The second kappa shape index (κ2) is 10.4. The summed E-state index contributed by atoms with van der Waals surface area (Å²) in [6, 6.07) is 8.88. The minimum Gasteiger partial charge on any atom is -0.458 e. The van der Waals surface area contributed by atoms with Gasteiger partial charge in [0.15, 0.2) is 0 Å². The van der Waals surface area contributed by atoms with Crippen LogP contribution in [0.1, 0.15) is 57.8 Å². The molecule has 2 rings (SSSR count). The number of esters is 2. The van der Waals surface area contributed by atoms with Crippen molar-refractivity contribution < 1.29 is 24.2 Å². The first kappa shape index (κ1) is 22.9. The number of aliphatic hydroxyl groups is 1. The zero-order valence-electron chi connectivity index (χ0n) is 17.9. The molecule has 0 saturated carbocycles. The highest BCUT2D eigenvalue weighted by molar-refractivity contribution is 5.89. The molecule has 5 nitrogen and oxygen atoms in total. The normalized spacial score (nSPS) is 25.6. The molecule has 0 bridgehead atoms. The number of ether oxygens (including phenoxy) is 2. The Morgan fingerprint density at radius 3 is 2.34 bits per heavy atom. The van der Waals surface area contributed by atoms with Crippen LogP contribution in [0.25, 0.3) is 0 Å². The topological polar surface area (TPSA) is 72.8 Å². The number of aliphatic hydroxyl groups excluding tert-OH is 1. The Bertz CT molecular complexity index is 763. The van der Waals surface area contributed by atoms with Crippen molar-refractivity contribution in [2.24, 2.45) is 11.8 Å². The third-order valence-corrected chi connectivity index (χ3v) is 5.31. The molecule has 29 heavy (non-hydrogen) atoms. The maximum absolute atomic E-state index is 12.8. The summed E-state index contributed by atoms with van der Waals surface area (Å²) in [6.45, 7) is 9.21. The van der Waals surface area contributed by atoms with E-state index in [0.717, 1.165) is 11.1 Å². The fourth-order valence-electron chi connectivity index (χ4n) is 3.74. The van der Waals surface area contributed by atoms with Gasteiger partial charge in [-0.25, -0.2) is 4.79 Å². The molecule has 0 fully saturated rings. The summed E-state index contributed by atoms with van der Waals surface area (Å²) < 4.78 is 11.6. The Kier molecular flexibility index (Phi) is 8.21. The standard InChI is InChI=1S/C24H32O5/c1-15(2)23-21(29-24(27)19-9-7-6-8-10-19)13-16(3)11-12-20(26)17(4)14-22(23)28-18(5)25/h6-11,14-15,20-23,26H,12-13H2,1-5H3/t20-,21+,22+,23-/m1/s1. The lowest BCUT2D eigenvalue weighted by Crippen LogP contribution is -2.41. The number of hydrogen-bond acceptors (Lipinski definition) is 5. The number of benzene rings is 1. The molecule has 0 heterocycles. The van der Waals surface area contributed by atoms with Crippen molar-refractivity contribution >= 4 is 11.9 Å². The van der Waals surface area contributed by atoms with Gasteiger partial charge in [0, 0.05) is 19.3 Å². The van der Waals surface area contributed by atoms with Gasteiger partial charge in [-0.15, -0.1) is 0 Å². The zero-order valence-corrected chi connectivity index (χ0v) is 17.9. The average molecular weight is 401 g/mol. The lowest BCUT2D eigenvalue weighted by atomic mass is 9.80. The average Bonchev–Trinajstić information content (AvgIpc) is 2.65. The molecule has 0 aromatic heterocycles. The monoisotopic (exact) mass is 400 g/mol. The maximum atomic E-state index is 12.8. The van der Waals surface area contributed by atoms with E-state index in [1.807, 2.05) is 39.8 Å². The van der Waals surface area contributed by atoms with E-state index in [4.69, 9.17) is 9.47 Å². The van der Waals surface area contributed by atoms with E-state index in [1.54, 1.807) is 30.3 Å². The predicted octanol–water partition coefficient (Wildman–Crippen LogP) is 4.46. The Morgan fingerprint density at radius 1 is 1.10 bits per heavy atom. The van der Waals surface area contributed by atoms with Gasteiger partial charge in [0.25, 0.3) is 0 Å². The third kappa shape index (κ3) is 6.57. The Hall–Kier alpha value is -2.40. The van der Waals surface area contributed by atoms with Crippen LogP contribution >= 0.6 is 0 Å². The summed E-state index contributed by atoms with van der Waals surface area (Å²) in [5.41, 5.74) is 2.25. The summed E-state index contributed by atoms with van der Waals surface area (Å²) in [5.74, 6) is -0.985. The van der Waals surface area contributed by atoms with E-state index < -0.39 is 30.3 Å². The highest BCUT2D eigenvalue weighted by atomic mass is 16.6. The van der Waals surface area contributed by atoms with E-state index in [0.29, 0.717) is 18.4 Å². The van der Waals surface area contributed by atoms with Gasteiger partial charge in [0.1, 0.15) is 12.2 Å². The number of hydrogen-bond donors (Lipinski definition) is 1.